The Bertz CT molecular complexity index is 697. The average molecular weight is 342 g/mol. The molecule has 1 aromatic heterocycles. The highest BCUT2D eigenvalue weighted by molar-refractivity contribution is 8.00. The van der Waals surface area contributed by atoms with Crippen LogP contribution in [-0.4, -0.2) is 42.7 Å². The van der Waals surface area contributed by atoms with E-state index in [4.69, 9.17) is 0 Å². The van der Waals surface area contributed by atoms with Gasteiger partial charge in [0, 0.05) is 48.9 Å². The second kappa shape index (κ2) is 7.71. The van der Waals surface area contributed by atoms with E-state index in [9.17, 15) is 4.79 Å². The summed E-state index contributed by atoms with van der Waals surface area (Å²) in [5, 5.41) is 0. The zero-order valence-corrected chi connectivity index (χ0v) is 15.1. The number of thioether (sulfide) groups is 1. The molecule has 3 rings (SSSR count). The van der Waals surface area contributed by atoms with Crippen molar-refractivity contribution in [2.24, 2.45) is 0 Å². The van der Waals surface area contributed by atoms with E-state index in [-0.39, 0.29) is 5.91 Å². The van der Waals surface area contributed by atoms with Gasteiger partial charge in [-0.1, -0.05) is 6.07 Å². The van der Waals surface area contributed by atoms with Gasteiger partial charge in [-0.2, -0.15) is 0 Å². The second-order valence-electron chi connectivity index (χ2n) is 6.16. The van der Waals surface area contributed by atoms with Gasteiger partial charge in [0.05, 0.1) is 5.75 Å². The summed E-state index contributed by atoms with van der Waals surface area (Å²) in [5.74, 6) is 0.752. The Morgan fingerprint density at radius 2 is 1.75 bits per heavy atom. The van der Waals surface area contributed by atoms with Crippen LogP contribution in [0.3, 0.4) is 0 Å². The van der Waals surface area contributed by atoms with Gasteiger partial charge < -0.3 is 9.80 Å². The summed E-state index contributed by atoms with van der Waals surface area (Å²) in [6, 6.07) is 10.5. The van der Waals surface area contributed by atoms with Crippen molar-refractivity contribution in [3.05, 3.63) is 53.9 Å². The molecule has 2 heterocycles. The molecule has 0 bridgehead atoms. The third kappa shape index (κ3) is 4.09. The molecule has 1 aliphatic rings. The molecule has 0 spiro atoms. The van der Waals surface area contributed by atoms with Crippen LogP contribution in [0.1, 0.15) is 11.1 Å². The van der Waals surface area contributed by atoms with Crippen LogP contribution in [0.4, 0.5) is 5.69 Å². The fraction of sp³-hybridized carbons (Fsp3) is 0.368. The number of hydrogen-bond acceptors (Lipinski definition) is 3. The second-order valence-corrected chi connectivity index (χ2v) is 7.21. The molecule has 1 aromatic carbocycles. The fourth-order valence-corrected chi connectivity index (χ4v) is 3.74. The van der Waals surface area contributed by atoms with Crippen LogP contribution in [-0.2, 0) is 4.79 Å². The lowest BCUT2D eigenvalue weighted by Gasteiger charge is -2.35. The lowest BCUT2D eigenvalue weighted by atomic mass is 10.1. The molecule has 1 saturated heterocycles. The summed E-state index contributed by atoms with van der Waals surface area (Å²) in [7, 11) is 0. The first kappa shape index (κ1) is 16.8. The maximum absolute atomic E-state index is 12.4. The van der Waals surface area contributed by atoms with Crippen molar-refractivity contribution in [3.63, 3.8) is 0 Å². The number of carbonyl (C=O) groups excluding carboxylic acids is 1. The lowest BCUT2D eigenvalue weighted by molar-refractivity contribution is -0.377. The molecule has 5 heteroatoms. The van der Waals surface area contributed by atoms with Crippen LogP contribution in [0.5, 0.6) is 0 Å². The number of benzene rings is 1. The number of H-pyrrole nitrogens is 1. The van der Waals surface area contributed by atoms with Gasteiger partial charge in [0.2, 0.25) is 5.91 Å². The van der Waals surface area contributed by atoms with Gasteiger partial charge in [0.15, 0.2) is 12.4 Å². The topological polar surface area (TPSA) is 37.7 Å². The first-order valence-electron chi connectivity index (χ1n) is 8.32. The van der Waals surface area contributed by atoms with E-state index in [1.54, 1.807) is 11.8 Å². The first-order chi connectivity index (χ1) is 11.6. The molecule has 1 N–H and O–H groups in total. The molecule has 0 radical (unpaired) electrons. The molecule has 0 atom stereocenters. The SMILES string of the molecule is Cc1ccc(SCC(=O)N2CCN(c3cc[nH+]cc3)CC2)cc1C. The number of pyridine rings is 1. The number of piperazine rings is 1. The molecule has 24 heavy (non-hydrogen) atoms. The van der Waals surface area contributed by atoms with Crippen LogP contribution < -0.4 is 9.88 Å². The summed E-state index contributed by atoms with van der Waals surface area (Å²) in [5.41, 5.74) is 3.78. The Labute approximate surface area is 147 Å². The quantitative estimate of drug-likeness (QED) is 0.802. The minimum absolute atomic E-state index is 0.235. The smallest absolute Gasteiger partial charge is 0.233 e. The highest BCUT2D eigenvalue weighted by Crippen LogP contribution is 2.22. The standard InChI is InChI=1S/C19H23N3OS/c1-15-3-4-18(13-16(15)2)24-14-19(23)22-11-9-21(10-12-22)17-5-7-20-8-6-17/h3-8,13H,9-12,14H2,1-2H3/p+1. The number of aromatic amines is 1. The zero-order chi connectivity index (χ0) is 16.9. The van der Waals surface area contributed by atoms with Gasteiger partial charge in [-0.05, 0) is 37.1 Å². The van der Waals surface area contributed by atoms with Crippen LogP contribution in [0.25, 0.3) is 0 Å². The van der Waals surface area contributed by atoms with Crippen LogP contribution >= 0.6 is 11.8 Å². The molecule has 1 fully saturated rings. The van der Waals surface area contributed by atoms with Crippen molar-refractivity contribution >= 4 is 23.4 Å². The van der Waals surface area contributed by atoms with Gasteiger partial charge in [-0.25, -0.2) is 4.98 Å². The first-order valence-corrected chi connectivity index (χ1v) is 9.31. The average Bonchev–Trinajstić information content (AvgIpc) is 2.63. The third-order valence-electron chi connectivity index (χ3n) is 4.54. The summed E-state index contributed by atoms with van der Waals surface area (Å²) < 4.78 is 0. The molecule has 0 aliphatic carbocycles. The van der Waals surface area contributed by atoms with E-state index in [1.807, 2.05) is 17.3 Å². The largest absolute Gasteiger partial charge is 0.368 e. The maximum atomic E-state index is 12.4. The highest BCUT2D eigenvalue weighted by Gasteiger charge is 2.21. The van der Waals surface area contributed by atoms with Crippen molar-refractivity contribution in [3.8, 4) is 0 Å². The monoisotopic (exact) mass is 342 g/mol. The Morgan fingerprint density at radius 3 is 2.42 bits per heavy atom. The number of aromatic nitrogens is 1. The number of anilines is 1. The molecule has 4 nitrogen and oxygen atoms in total. The Kier molecular flexibility index (Phi) is 5.41. The van der Waals surface area contributed by atoms with Gasteiger partial charge in [0.1, 0.15) is 0 Å². The van der Waals surface area contributed by atoms with Crippen LogP contribution in [0.2, 0.25) is 0 Å². The lowest BCUT2D eigenvalue weighted by Crippen LogP contribution is -2.49. The number of carbonyl (C=O) groups is 1. The fourth-order valence-electron chi connectivity index (χ4n) is 2.84. The number of amides is 1. The molecule has 1 aliphatic heterocycles. The van der Waals surface area contributed by atoms with Crippen molar-refractivity contribution in [2.75, 3.05) is 36.8 Å². The molecular weight excluding hydrogens is 318 g/mol. The number of hydrogen-bond donors (Lipinski definition) is 0. The van der Waals surface area contributed by atoms with Crippen molar-refractivity contribution in [1.82, 2.24) is 4.90 Å². The van der Waals surface area contributed by atoms with Crippen molar-refractivity contribution in [2.45, 2.75) is 18.7 Å². The van der Waals surface area contributed by atoms with Crippen molar-refractivity contribution in [1.29, 1.82) is 0 Å². The molecular formula is C19H24N3OS+. The van der Waals surface area contributed by atoms with E-state index >= 15 is 0 Å². The van der Waals surface area contributed by atoms with E-state index in [2.05, 4.69) is 54.1 Å². The Morgan fingerprint density at radius 1 is 1.04 bits per heavy atom. The predicted molar refractivity (Wildman–Crippen MR) is 98.4 cm³/mol. The Balaban J connectivity index is 1.49. The van der Waals surface area contributed by atoms with Crippen LogP contribution in [0, 0.1) is 13.8 Å². The minimum Gasteiger partial charge on any atom is -0.368 e. The maximum Gasteiger partial charge on any atom is 0.233 e. The number of nitrogens with one attached hydrogen (secondary N) is 1. The van der Waals surface area contributed by atoms with Gasteiger partial charge >= 0.3 is 0 Å². The highest BCUT2D eigenvalue weighted by atomic mass is 32.2. The van der Waals surface area contributed by atoms with E-state index in [0.29, 0.717) is 5.75 Å². The normalized spacial score (nSPS) is 14.8. The molecule has 1 amide bonds. The third-order valence-corrected chi connectivity index (χ3v) is 5.52. The minimum atomic E-state index is 0.235. The number of rotatable bonds is 4. The van der Waals surface area contributed by atoms with E-state index < -0.39 is 0 Å². The molecule has 0 saturated carbocycles. The molecule has 0 unspecified atom stereocenters. The summed E-state index contributed by atoms with van der Waals surface area (Å²) in [6.45, 7) is 7.60. The van der Waals surface area contributed by atoms with Gasteiger partial charge in [0.25, 0.3) is 0 Å². The zero-order valence-electron chi connectivity index (χ0n) is 14.3. The molecule has 2 aromatic rings. The summed E-state index contributed by atoms with van der Waals surface area (Å²) >= 11 is 1.63. The van der Waals surface area contributed by atoms with Gasteiger partial charge in [-0.15, -0.1) is 11.8 Å². The number of nitrogens with zero attached hydrogens (tertiary/aromatic N) is 2. The predicted octanol–water partition coefficient (Wildman–Crippen LogP) is 2.56. The van der Waals surface area contributed by atoms with Gasteiger partial charge in [-0.3, -0.25) is 4.79 Å². The number of aryl methyl sites for hydroxylation is 2. The van der Waals surface area contributed by atoms with E-state index in [1.165, 1.54) is 21.7 Å². The Hall–Kier alpha value is -2.01. The summed E-state index contributed by atoms with van der Waals surface area (Å²) in [6.07, 6.45) is 3.88. The van der Waals surface area contributed by atoms with Crippen molar-refractivity contribution < 1.29 is 9.78 Å². The van der Waals surface area contributed by atoms with E-state index in [0.717, 1.165) is 26.2 Å². The molecule has 126 valence electrons. The van der Waals surface area contributed by atoms with Crippen LogP contribution in [0.15, 0.2) is 47.6 Å². The summed E-state index contributed by atoms with van der Waals surface area (Å²) in [4.78, 5) is 21.0.